The molecule has 0 unspecified atom stereocenters. The average Bonchev–Trinajstić information content (AvgIpc) is 3.05. The fourth-order valence-corrected chi connectivity index (χ4v) is 1.56. The van der Waals surface area contributed by atoms with Gasteiger partial charge in [0.2, 0.25) is 0 Å². The highest BCUT2D eigenvalue weighted by Gasteiger charge is 2.38. The van der Waals surface area contributed by atoms with Gasteiger partial charge in [0.25, 0.3) is 0 Å². The number of unbranched alkanes of at least 4 members (excludes halogenated alkanes) is 2. The van der Waals surface area contributed by atoms with Crippen LogP contribution >= 0.6 is 0 Å². The van der Waals surface area contributed by atoms with Gasteiger partial charge in [-0.2, -0.15) is 0 Å². The minimum atomic E-state index is 0.143. The predicted octanol–water partition coefficient (Wildman–Crippen LogP) is 3.32. The molecule has 0 radical (unpaired) electrons. The van der Waals surface area contributed by atoms with Crippen LogP contribution < -0.4 is 0 Å². The van der Waals surface area contributed by atoms with Crippen molar-refractivity contribution in [3.05, 3.63) is 35.9 Å². The van der Waals surface area contributed by atoms with Crippen LogP contribution in [-0.2, 0) is 4.74 Å². The topological polar surface area (TPSA) is 12.5 Å². The predicted molar refractivity (Wildman–Crippen MR) is 61.4 cm³/mol. The highest BCUT2D eigenvalue weighted by molar-refractivity contribution is 5.27. The standard InChI is InChI=1S/C14H16O/c1-2-3-4-8-11-13-14(15-13)12-9-6-5-7-10-12/h5-7,9-10,13-14H,2-4H2,1H3/t13-,14-/m1/s1. The van der Waals surface area contributed by atoms with Gasteiger partial charge >= 0.3 is 0 Å². The zero-order chi connectivity index (χ0) is 10.5. The van der Waals surface area contributed by atoms with Crippen LogP contribution in [0.25, 0.3) is 0 Å². The molecule has 1 nitrogen and oxygen atoms in total. The Bertz CT molecular complexity index is 358. The molecule has 0 aromatic heterocycles. The second-order valence-corrected chi connectivity index (χ2v) is 3.81. The quantitative estimate of drug-likeness (QED) is 0.414. The number of rotatable bonds is 3. The zero-order valence-electron chi connectivity index (χ0n) is 9.07. The maximum Gasteiger partial charge on any atom is 0.149 e. The van der Waals surface area contributed by atoms with Crippen LogP contribution in [0.4, 0.5) is 0 Å². The summed E-state index contributed by atoms with van der Waals surface area (Å²) in [6.07, 6.45) is 3.76. The highest BCUT2D eigenvalue weighted by atomic mass is 16.6. The van der Waals surface area contributed by atoms with E-state index < -0.39 is 0 Å². The van der Waals surface area contributed by atoms with E-state index in [1.807, 2.05) is 18.2 Å². The van der Waals surface area contributed by atoms with E-state index in [-0.39, 0.29) is 12.2 Å². The first-order chi connectivity index (χ1) is 7.42. The third kappa shape index (κ3) is 2.84. The summed E-state index contributed by atoms with van der Waals surface area (Å²) in [4.78, 5) is 0. The molecule has 1 aliphatic rings. The van der Waals surface area contributed by atoms with Gasteiger partial charge in [-0.25, -0.2) is 0 Å². The Morgan fingerprint density at radius 3 is 2.80 bits per heavy atom. The van der Waals surface area contributed by atoms with Crippen LogP contribution in [0.3, 0.4) is 0 Å². The summed E-state index contributed by atoms with van der Waals surface area (Å²) in [6, 6.07) is 10.3. The molecule has 2 atom stereocenters. The Kier molecular flexibility index (Phi) is 3.42. The third-order valence-corrected chi connectivity index (χ3v) is 2.52. The van der Waals surface area contributed by atoms with Gasteiger partial charge in [0.15, 0.2) is 0 Å². The third-order valence-electron chi connectivity index (χ3n) is 2.52. The molecule has 1 aromatic rings. The van der Waals surface area contributed by atoms with Gasteiger partial charge in [-0.15, -0.1) is 5.92 Å². The van der Waals surface area contributed by atoms with Gasteiger partial charge in [-0.05, 0) is 12.0 Å². The van der Waals surface area contributed by atoms with Gasteiger partial charge in [0.05, 0.1) is 0 Å². The second kappa shape index (κ2) is 5.00. The van der Waals surface area contributed by atoms with Crippen molar-refractivity contribution in [2.75, 3.05) is 0 Å². The van der Waals surface area contributed by atoms with Crippen molar-refractivity contribution in [1.29, 1.82) is 0 Å². The van der Waals surface area contributed by atoms with Crippen LogP contribution in [-0.4, -0.2) is 6.10 Å². The van der Waals surface area contributed by atoms with Crippen molar-refractivity contribution in [3.63, 3.8) is 0 Å². The number of hydrogen-bond donors (Lipinski definition) is 0. The SMILES string of the molecule is CCCCC#C[C@H]1O[C@@H]1c1ccccc1. The number of hydrogen-bond acceptors (Lipinski definition) is 1. The lowest BCUT2D eigenvalue weighted by atomic mass is 10.1. The minimum Gasteiger partial charge on any atom is -0.351 e. The van der Waals surface area contributed by atoms with Crippen molar-refractivity contribution in [3.8, 4) is 11.8 Å². The van der Waals surface area contributed by atoms with Crippen molar-refractivity contribution >= 4 is 0 Å². The van der Waals surface area contributed by atoms with Crippen molar-refractivity contribution < 1.29 is 4.74 Å². The summed E-state index contributed by atoms with van der Waals surface area (Å²) in [7, 11) is 0. The van der Waals surface area contributed by atoms with Crippen LogP contribution in [0, 0.1) is 11.8 Å². The van der Waals surface area contributed by atoms with Gasteiger partial charge in [0, 0.05) is 6.42 Å². The molecule has 1 saturated heterocycles. The van der Waals surface area contributed by atoms with Crippen LogP contribution in [0.5, 0.6) is 0 Å². The molecule has 1 heterocycles. The largest absolute Gasteiger partial charge is 0.351 e. The summed E-state index contributed by atoms with van der Waals surface area (Å²) >= 11 is 0. The van der Waals surface area contributed by atoms with Crippen molar-refractivity contribution in [1.82, 2.24) is 0 Å². The van der Waals surface area contributed by atoms with Gasteiger partial charge in [0.1, 0.15) is 12.2 Å². The van der Waals surface area contributed by atoms with E-state index in [0.29, 0.717) is 0 Å². The summed E-state index contributed by atoms with van der Waals surface area (Å²) < 4.78 is 5.51. The van der Waals surface area contributed by atoms with E-state index in [4.69, 9.17) is 4.74 Å². The second-order valence-electron chi connectivity index (χ2n) is 3.81. The molecule has 1 fully saturated rings. The normalized spacial score (nSPS) is 23.0. The maximum atomic E-state index is 5.51. The Balaban J connectivity index is 1.83. The summed E-state index contributed by atoms with van der Waals surface area (Å²) in [5.41, 5.74) is 1.24. The van der Waals surface area contributed by atoms with E-state index >= 15 is 0 Å². The molecule has 0 N–H and O–H groups in total. The lowest BCUT2D eigenvalue weighted by Gasteiger charge is -1.91. The molecular weight excluding hydrogens is 184 g/mol. The monoisotopic (exact) mass is 200 g/mol. The van der Waals surface area contributed by atoms with Crippen molar-refractivity contribution in [2.24, 2.45) is 0 Å². The first-order valence-corrected chi connectivity index (χ1v) is 5.60. The van der Waals surface area contributed by atoms with Gasteiger partial charge in [-0.3, -0.25) is 0 Å². The van der Waals surface area contributed by atoms with Gasteiger partial charge < -0.3 is 4.74 Å². The Morgan fingerprint density at radius 2 is 2.07 bits per heavy atom. The fraction of sp³-hybridized carbons (Fsp3) is 0.429. The molecule has 0 spiro atoms. The van der Waals surface area contributed by atoms with Crippen molar-refractivity contribution in [2.45, 2.75) is 38.4 Å². The molecule has 1 heteroatoms. The fourth-order valence-electron chi connectivity index (χ4n) is 1.56. The maximum absolute atomic E-state index is 5.51. The van der Waals surface area contributed by atoms with Crippen LogP contribution in [0.1, 0.15) is 37.9 Å². The van der Waals surface area contributed by atoms with E-state index in [0.717, 1.165) is 6.42 Å². The number of epoxide rings is 1. The molecule has 0 saturated carbocycles. The smallest absolute Gasteiger partial charge is 0.149 e. The molecule has 2 rings (SSSR count). The molecule has 1 aliphatic heterocycles. The highest BCUT2D eigenvalue weighted by Crippen LogP contribution is 2.37. The molecule has 1 aromatic carbocycles. The lowest BCUT2D eigenvalue weighted by Crippen LogP contribution is -1.84. The van der Waals surface area contributed by atoms with E-state index in [1.165, 1.54) is 18.4 Å². The molecule has 0 amide bonds. The van der Waals surface area contributed by atoms with E-state index in [2.05, 4.69) is 30.9 Å². The Morgan fingerprint density at radius 1 is 1.27 bits per heavy atom. The molecule has 0 bridgehead atoms. The van der Waals surface area contributed by atoms with Gasteiger partial charge in [-0.1, -0.05) is 49.6 Å². The molecule has 0 aliphatic carbocycles. The van der Waals surface area contributed by atoms with Crippen LogP contribution in [0.2, 0.25) is 0 Å². The summed E-state index contributed by atoms with van der Waals surface area (Å²) in [5, 5.41) is 0. The molecule has 78 valence electrons. The molecular formula is C14H16O. The lowest BCUT2D eigenvalue weighted by molar-refractivity contribution is 0.397. The number of benzene rings is 1. The summed E-state index contributed by atoms with van der Waals surface area (Å²) in [6.45, 7) is 2.18. The first-order valence-electron chi connectivity index (χ1n) is 5.60. The Labute approximate surface area is 91.5 Å². The minimum absolute atomic E-state index is 0.143. The van der Waals surface area contributed by atoms with E-state index in [1.54, 1.807) is 0 Å². The Hall–Kier alpha value is -1.26. The first kappa shape index (κ1) is 10.3. The van der Waals surface area contributed by atoms with Crippen LogP contribution in [0.15, 0.2) is 30.3 Å². The zero-order valence-corrected chi connectivity index (χ0v) is 9.07. The number of ether oxygens (including phenoxy) is 1. The molecule has 15 heavy (non-hydrogen) atoms. The summed E-state index contributed by atoms with van der Waals surface area (Å²) in [5.74, 6) is 6.34. The average molecular weight is 200 g/mol. The van der Waals surface area contributed by atoms with E-state index in [9.17, 15) is 0 Å².